The molecular formula is C20H30FN3O. The van der Waals surface area contributed by atoms with Gasteiger partial charge in [-0.25, -0.2) is 9.18 Å². The van der Waals surface area contributed by atoms with Crippen molar-refractivity contribution < 1.29 is 9.18 Å². The molecule has 1 aromatic rings. The molecule has 4 N–H and O–H groups in total. The zero-order chi connectivity index (χ0) is 17.6. The van der Waals surface area contributed by atoms with Crippen LogP contribution in [0.4, 0.5) is 9.18 Å². The molecule has 0 aliphatic heterocycles. The molecule has 5 heteroatoms. The van der Waals surface area contributed by atoms with E-state index < -0.39 is 6.03 Å². The van der Waals surface area contributed by atoms with Crippen molar-refractivity contribution in [3.05, 3.63) is 35.6 Å². The summed E-state index contributed by atoms with van der Waals surface area (Å²) >= 11 is 0. The number of benzene rings is 1. The van der Waals surface area contributed by atoms with Gasteiger partial charge in [0.1, 0.15) is 5.82 Å². The number of nitrogens with two attached hydrogens (primary N) is 1. The van der Waals surface area contributed by atoms with Crippen LogP contribution in [0.15, 0.2) is 24.3 Å². The number of rotatable bonds is 5. The molecule has 2 amide bonds. The molecule has 4 nitrogen and oxygen atoms in total. The van der Waals surface area contributed by atoms with Gasteiger partial charge in [0, 0.05) is 18.1 Å². The molecule has 0 radical (unpaired) electrons. The molecule has 2 aliphatic carbocycles. The van der Waals surface area contributed by atoms with Gasteiger partial charge >= 0.3 is 6.03 Å². The molecule has 2 fully saturated rings. The average molecular weight is 347 g/mol. The van der Waals surface area contributed by atoms with Crippen LogP contribution in [0.5, 0.6) is 0 Å². The Bertz CT molecular complexity index is 555. The number of carbonyl (C=O) groups is 1. The van der Waals surface area contributed by atoms with Gasteiger partial charge in [-0.15, -0.1) is 0 Å². The lowest BCUT2D eigenvalue weighted by Crippen LogP contribution is -2.55. The van der Waals surface area contributed by atoms with Crippen LogP contribution in [-0.2, 0) is 6.42 Å². The Morgan fingerprint density at radius 2 is 1.64 bits per heavy atom. The first-order valence-corrected chi connectivity index (χ1v) is 9.66. The van der Waals surface area contributed by atoms with Crippen molar-refractivity contribution in [2.45, 2.75) is 75.9 Å². The van der Waals surface area contributed by atoms with Crippen molar-refractivity contribution in [2.24, 2.45) is 11.7 Å². The minimum Gasteiger partial charge on any atom is -0.352 e. The van der Waals surface area contributed by atoms with E-state index in [4.69, 9.17) is 5.73 Å². The molecule has 0 spiro atoms. The predicted octanol–water partition coefficient (Wildman–Crippen LogP) is 3.50. The van der Waals surface area contributed by atoms with E-state index in [2.05, 4.69) is 10.6 Å². The van der Waals surface area contributed by atoms with E-state index in [0.717, 1.165) is 25.7 Å². The molecule has 3 rings (SSSR count). The number of hydrogen-bond donors (Lipinski definition) is 3. The fourth-order valence-electron chi connectivity index (χ4n) is 4.48. The second kappa shape index (κ2) is 8.65. The second-order valence-electron chi connectivity index (χ2n) is 7.72. The van der Waals surface area contributed by atoms with Gasteiger partial charge in [0.15, 0.2) is 0 Å². The first-order valence-electron chi connectivity index (χ1n) is 9.66. The van der Waals surface area contributed by atoms with E-state index in [1.54, 1.807) is 12.1 Å². The topological polar surface area (TPSA) is 67.2 Å². The lowest BCUT2D eigenvalue weighted by Gasteiger charge is -2.37. The fourth-order valence-corrected chi connectivity index (χ4v) is 4.48. The Morgan fingerprint density at radius 1 is 1.00 bits per heavy atom. The van der Waals surface area contributed by atoms with Gasteiger partial charge in [-0.05, 0) is 68.6 Å². The lowest BCUT2D eigenvalue weighted by atomic mass is 9.81. The largest absolute Gasteiger partial charge is 0.352 e. The molecule has 0 aromatic heterocycles. The first kappa shape index (κ1) is 18.2. The Kier molecular flexibility index (Phi) is 6.29. The maximum atomic E-state index is 13.0. The van der Waals surface area contributed by atoms with Gasteiger partial charge in [0.05, 0.1) is 0 Å². The molecule has 1 aromatic carbocycles. The summed E-state index contributed by atoms with van der Waals surface area (Å²) in [6.07, 6.45) is 10.3. The first-order chi connectivity index (χ1) is 12.1. The standard InChI is InChI=1S/C20H30FN3O/c21-16-9-5-14(6-10-16)13-15-7-11-17(12-8-15)23-18-3-1-2-4-19(18)24-20(22)25/h5-6,9-10,15,17-19,23H,1-4,7-8,11-13H2,(H3,22,24,25)/t15?,17?,18-,19-/m1/s1. The number of primary amides is 1. The SMILES string of the molecule is NC(=O)N[C@@H]1CCCC[C@H]1NC1CCC(Cc2ccc(F)cc2)CC1. The lowest BCUT2D eigenvalue weighted by molar-refractivity contribution is 0.211. The fraction of sp³-hybridized carbons (Fsp3) is 0.650. The summed E-state index contributed by atoms with van der Waals surface area (Å²) in [5.74, 6) is 0.526. The highest BCUT2D eigenvalue weighted by Crippen LogP contribution is 2.29. The molecule has 0 unspecified atom stereocenters. The molecular weight excluding hydrogens is 317 g/mol. The molecule has 0 bridgehead atoms. The highest BCUT2D eigenvalue weighted by Gasteiger charge is 2.29. The van der Waals surface area contributed by atoms with Crippen molar-refractivity contribution in [2.75, 3.05) is 0 Å². The van der Waals surface area contributed by atoms with Crippen LogP contribution in [0.25, 0.3) is 0 Å². The summed E-state index contributed by atoms with van der Waals surface area (Å²) in [6, 6.07) is 7.55. The summed E-state index contributed by atoms with van der Waals surface area (Å²) < 4.78 is 13.0. The summed E-state index contributed by atoms with van der Waals surface area (Å²) in [5, 5.41) is 6.70. The van der Waals surface area contributed by atoms with Crippen LogP contribution in [0.1, 0.15) is 56.9 Å². The van der Waals surface area contributed by atoms with Crippen LogP contribution < -0.4 is 16.4 Å². The maximum absolute atomic E-state index is 13.0. The Balaban J connectivity index is 1.45. The van der Waals surface area contributed by atoms with E-state index in [-0.39, 0.29) is 11.9 Å². The molecule has 25 heavy (non-hydrogen) atoms. The third kappa shape index (κ3) is 5.43. The molecule has 0 heterocycles. The number of hydrogen-bond acceptors (Lipinski definition) is 2. The van der Waals surface area contributed by atoms with Gasteiger partial charge in [0.25, 0.3) is 0 Å². The number of nitrogens with one attached hydrogen (secondary N) is 2. The summed E-state index contributed by atoms with van der Waals surface area (Å²) in [6.45, 7) is 0. The Morgan fingerprint density at radius 3 is 2.28 bits per heavy atom. The van der Waals surface area contributed by atoms with Crippen LogP contribution in [0, 0.1) is 11.7 Å². The van der Waals surface area contributed by atoms with Gasteiger partial charge in [-0.1, -0.05) is 25.0 Å². The van der Waals surface area contributed by atoms with E-state index in [9.17, 15) is 9.18 Å². The van der Waals surface area contributed by atoms with Gasteiger partial charge < -0.3 is 16.4 Å². The zero-order valence-corrected chi connectivity index (χ0v) is 14.8. The second-order valence-corrected chi connectivity index (χ2v) is 7.72. The van der Waals surface area contributed by atoms with E-state index in [1.165, 1.54) is 37.7 Å². The average Bonchev–Trinajstić information content (AvgIpc) is 2.60. The molecule has 2 atom stereocenters. The molecule has 2 saturated carbocycles. The van der Waals surface area contributed by atoms with Crippen LogP contribution in [0.2, 0.25) is 0 Å². The predicted molar refractivity (Wildman–Crippen MR) is 97.7 cm³/mol. The van der Waals surface area contributed by atoms with Crippen LogP contribution in [0.3, 0.4) is 0 Å². The quantitative estimate of drug-likeness (QED) is 0.763. The van der Waals surface area contributed by atoms with Crippen LogP contribution in [-0.4, -0.2) is 24.2 Å². The molecule has 138 valence electrons. The number of urea groups is 1. The Hall–Kier alpha value is -1.62. The monoisotopic (exact) mass is 347 g/mol. The van der Waals surface area contributed by atoms with Gasteiger partial charge in [-0.2, -0.15) is 0 Å². The Labute approximate surface area is 149 Å². The highest BCUT2D eigenvalue weighted by atomic mass is 19.1. The number of carbonyl (C=O) groups excluding carboxylic acids is 1. The molecule has 0 saturated heterocycles. The minimum absolute atomic E-state index is 0.164. The van der Waals surface area contributed by atoms with E-state index in [1.807, 2.05) is 12.1 Å². The van der Waals surface area contributed by atoms with E-state index >= 15 is 0 Å². The van der Waals surface area contributed by atoms with Gasteiger partial charge in [-0.3, -0.25) is 0 Å². The third-order valence-corrected chi connectivity index (χ3v) is 5.83. The third-order valence-electron chi connectivity index (χ3n) is 5.83. The number of amides is 2. The van der Waals surface area contributed by atoms with Crippen molar-refractivity contribution >= 4 is 6.03 Å². The maximum Gasteiger partial charge on any atom is 0.312 e. The summed E-state index contributed by atoms with van der Waals surface area (Å²) in [7, 11) is 0. The molecule has 2 aliphatic rings. The summed E-state index contributed by atoms with van der Waals surface area (Å²) in [4.78, 5) is 11.2. The van der Waals surface area contributed by atoms with Gasteiger partial charge in [0.2, 0.25) is 0 Å². The number of halogens is 1. The minimum atomic E-state index is -0.415. The summed E-state index contributed by atoms with van der Waals surface area (Å²) in [5.41, 5.74) is 6.55. The zero-order valence-electron chi connectivity index (χ0n) is 14.8. The smallest absolute Gasteiger partial charge is 0.312 e. The highest BCUT2D eigenvalue weighted by molar-refractivity contribution is 5.72. The van der Waals surface area contributed by atoms with E-state index in [0.29, 0.717) is 18.0 Å². The van der Waals surface area contributed by atoms with Crippen molar-refractivity contribution in [1.82, 2.24) is 10.6 Å². The van der Waals surface area contributed by atoms with Crippen molar-refractivity contribution in [3.8, 4) is 0 Å². The van der Waals surface area contributed by atoms with Crippen LogP contribution >= 0.6 is 0 Å². The van der Waals surface area contributed by atoms with Crippen molar-refractivity contribution in [1.29, 1.82) is 0 Å². The van der Waals surface area contributed by atoms with Crippen molar-refractivity contribution in [3.63, 3.8) is 0 Å². The normalized spacial score (nSPS) is 30.0.